The Balaban J connectivity index is 2.36. The van der Waals surface area contributed by atoms with E-state index >= 15 is 0 Å². The normalized spacial score (nSPS) is 10.9. The topological polar surface area (TPSA) is 101 Å². The van der Waals surface area contributed by atoms with Gasteiger partial charge in [0.05, 0.1) is 4.92 Å². The number of hydrogen-bond donors (Lipinski definition) is 1. The van der Waals surface area contributed by atoms with Crippen LogP contribution in [-0.4, -0.2) is 15.0 Å². The number of aromatic hydroxyl groups is 1. The predicted octanol–water partition coefficient (Wildman–Crippen LogP) is 4.42. The summed E-state index contributed by atoms with van der Waals surface area (Å²) in [5, 5.41) is 27.6. The number of azo groups is 1. The van der Waals surface area contributed by atoms with Crippen LogP contribution in [0.2, 0.25) is 10.2 Å². The first-order valence-corrected chi connectivity index (χ1v) is 5.94. The lowest BCUT2D eigenvalue weighted by atomic mass is 10.3. The average molecular weight is 313 g/mol. The van der Waals surface area contributed by atoms with Gasteiger partial charge >= 0.3 is 0 Å². The summed E-state index contributed by atoms with van der Waals surface area (Å²) in [6, 6.07) is 6.66. The molecule has 1 N–H and O–H groups in total. The van der Waals surface area contributed by atoms with E-state index in [0.717, 1.165) is 0 Å². The lowest BCUT2D eigenvalue weighted by Gasteiger charge is -1.98. The van der Waals surface area contributed by atoms with Crippen molar-refractivity contribution in [2.24, 2.45) is 10.2 Å². The molecule has 102 valence electrons. The van der Waals surface area contributed by atoms with Crippen LogP contribution in [0.15, 0.2) is 40.6 Å². The van der Waals surface area contributed by atoms with Crippen LogP contribution in [0.25, 0.3) is 0 Å². The van der Waals surface area contributed by atoms with E-state index in [2.05, 4.69) is 15.2 Å². The van der Waals surface area contributed by atoms with Gasteiger partial charge in [0.2, 0.25) is 0 Å². The zero-order valence-electron chi connectivity index (χ0n) is 9.70. The Bertz CT molecular complexity index is 706. The molecule has 1 aromatic carbocycles. The van der Waals surface area contributed by atoms with Crippen LogP contribution in [0.3, 0.4) is 0 Å². The van der Waals surface area contributed by atoms with Crippen LogP contribution in [0.4, 0.5) is 17.2 Å². The molecule has 0 radical (unpaired) electrons. The third-order valence-electron chi connectivity index (χ3n) is 2.21. The first kappa shape index (κ1) is 14.2. The largest absolute Gasteiger partial charge is 0.505 e. The maximum atomic E-state index is 10.9. The molecular formula is C11H6Cl2N4O3. The Hall–Kier alpha value is -2.25. The summed E-state index contributed by atoms with van der Waals surface area (Å²) in [5.41, 5.74) is -0.239. The standard InChI is InChI=1S/C11H6Cl2N4O3/c12-6-1-2-7(8(5-6)17(19)20)15-16-10-4-3-9(18)11(13)14-10/h1-5,18H. The minimum absolute atomic E-state index is 0.0328. The van der Waals surface area contributed by atoms with Crippen molar-refractivity contribution in [2.45, 2.75) is 0 Å². The molecule has 9 heteroatoms. The van der Waals surface area contributed by atoms with Crippen molar-refractivity contribution >= 4 is 40.4 Å². The number of rotatable bonds is 3. The number of pyridine rings is 1. The predicted molar refractivity (Wildman–Crippen MR) is 73.2 cm³/mol. The van der Waals surface area contributed by atoms with Crippen LogP contribution in [-0.2, 0) is 0 Å². The molecule has 0 unspecified atom stereocenters. The number of nitro groups is 1. The molecule has 0 saturated carbocycles. The lowest BCUT2D eigenvalue weighted by molar-refractivity contribution is -0.384. The molecule has 2 aromatic rings. The van der Waals surface area contributed by atoms with Crippen LogP contribution in [0, 0.1) is 10.1 Å². The third-order valence-corrected chi connectivity index (χ3v) is 2.72. The second-order valence-electron chi connectivity index (χ2n) is 3.57. The first-order chi connectivity index (χ1) is 9.47. The molecule has 0 aliphatic carbocycles. The fraction of sp³-hybridized carbons (Fsp3) is 0. The van der Waals surface area contributed by atoms with Crippen LogP contribution in [0.5, 0.6) is 5.75 Å². The molecular weight excluding hydrogens is 307 g/mol. The van der Waals surface area contributed by atoms with Crippen LogP contribution < -0.4 is 0 Å². The van der Waals surface area contributed by atoms with E-state index < -0.39 is 4.92 Å². The number of hydrogen-bond acceptors (Lipinski definition) is 6. The summed E-state index contributed by atoms with van der Waals surface area (Å²) < 4.78 is 0. The van der Waals surface area contributed by atoms with Crippen molar-refractivity contribution in [2.75, 3.05) is 0 Å². The highest BCUT2D eigenvalue weighted by Crippen LogP contribution is 2.32. The van der Waals surface area contributed by atoms with Crippen molar-refractivity contribution < 1.29 is 10.0 Å². The Labute approximate surface area is 122 Å². The van der Waals surface area contributed by atoms with E-state index in [9.17, 15) is 15.2 Å². The lowest BCUT2D eigenvalue weighted by Crippen LogP contribution is -1.87. The fourth-order valence-corrected chi connectivity index (χ4v) is 1.62. The van der Waals surface area contributed by atoms with Crippen molar-refractivity contribution in [3.05, 3.63) is 50.6 Å². The molecule has 0 bridgehead atoms. The molecule has 1 aromatic heterocycles. The Kier molecular flexibility index (Phi) is 4.11. The molecule has 2 rings (SSSR count). The van der Waals surface area contributed by atoms with E-state index in [-0.39, 0.29) is 33.1 Å². The van der Waals surface area contributed by atoms with Gasteiger partial charge in [0.15, 0.2) is 22.4 Å². The van der Waals surface area contributed by atoms with Crippen LogP contribution >= 0.6 is 23.2 Å². The second-order valence-corrected chi connectivity index (χ2v) is 4.36. The minimum atomic E-state index is -0.614. The molecule has 0 amide bonds. The van der Waals surface area contributed by atoms with Gasteiger partial charge in [-0.25, -0.2) is 4.98 Å². The highest BCUT2D eigenvalue weighted by Gasteiger charge is 2.14. The van der Waals surface area contributed by atoms with Crippen molar-refractivity contribution in [1.82, 2.24) is 4.98 Å². The Morgan fingerprint density at radius 1 is 1.20 bits per heavy atom. The van der Waals surface area contributed by atoms with E-state index in [1.807, 2.05) is 0 Å². The van der Waals surface area contributed by atoms with Gasteiger partial charge in [0, 0.05) is 11.1 Å². The van der Waals surface area contributed by atoms with Gasteiger partial charge in [-0.2, -0.15) is 0 Å². The van der Waals surface area contributed by atoms with Gasteiger partial charge in [-0.3, -0.25) is 10.1 Å². The Morgan fingerprint density at radius 3 is 2.60 bits per heavy atom. The third kappa shape index (κ3) is 3.19. The molecule has 1 heterocycles. The van der Waals surface area contributed by atoms with E-state index in [1.54, 1.807) is 0 Å². The average Bonchev–Trinajstić information content (AvgIpc) is 2.41. The van der Waals surface area contributed by atoms with E-state index in [1.165, 1.54) is 30.3 Å². The maximum absolute atomic E-state index is 10.9. The smallest absolute Gasteiger partial charge is 0.298 e. The highest BCUT2D eigenvalue weighted by atomic mass is 35.5. The number of nitro benzene ring substituents is 1. The molecule has 0 aliphatic rings. The maximum Gasteiger partial charge on any atom is 0.298 e. The van der Waals surface area contributed by atoms with Gasteiger partial charge in [-0.1, -0.05) is 23.2 Å². The van der Waals surface area contributed by atoms with Gasteiger partial charge in [0.25, 0.3) is 5.69 Å². The summed E-state index contributed by atoms with van der Waals surface area (Å²) in [6.07, 6.45) is 0. The fourth-order valence-electron chi connectivity index (χ4n) is 1.31. The van der Waals surface area contributed by atoms with Crippen molar-refractivity contribution in [3.63, 3.8) is 0 Å². The molecule has 0 atom stereocenters. The van der Waals surface area contributed by atoms with Crippen molar-refractivity contribution in [1.29, 1.82) is 0 Å². The summed E-state index contributed by atoms with van der Waals surface area (Å²) in [4.78, 5) is 14.0. The molecule has 0 fully saturated rings. The van der Waals surface area contributed by atoms with Gasteiger partial charge in [-0.05, 0) is 24.3 Å². The summed E-state index contributed by atoms with van der Waals surface area (Å²) in [5.74, 6) is -0.0832. The van der Waals surface area contributed by atoms with Crippen molar-refractivity contribution in [3.8, 4) is 5.75 Å². The number of nitrogens with zero attached hydrogens (tertiary/aromatic N) is 4. The van der Waals surface area contributed by atoms with Gasteiger partial charge < -0.3 is 5.11 Å². The number of halogens is 2. The molecule has 0 aliphatic heterocycles. The monoisotopic (exact) mass is 312 g/mol. The second kappa shape index (κ2) is 5.81. The molecule has 20 heavy (non-hydrogen) atoms. The zero-order valence-corrected chi connectivity index (χ0v) is 11.2. The summed E-state index contributed by atoms with van der Waals surface area (Å²) in [7, 11) is 0. The quantitative estimate of drug-likeness (QED) is 0.392. The minimum Gasteiger partial charge on any atom is -0.505 e. The SMILES string of the molecule is O=[N+]([O-])c1cc(Cl)ccc1N=Nc1ccc(O)c(Cl)n1. The molecule has 0 saturated heterocycles. The zero-order chi connectivity index (χ0) is 14.7. The van der Waals surface area contributed by atoms with E-state index in [0.29, 0.717) is 0 Å². The number of aromatic nitrogens is 1. The van der Waals surface area contributed by atoms with Gasteiger partial charge in [-0.15, -0.1) is 10.2 Å². The van der Waals surface area contributed by atoms with Crippen LogP contribution in [0.1, 0.15) is 0 Å². The number of benzene rings is 1. The first-order valence-electron chi connectivity index (χ1n) is 5.18. The molecule has 7 nitrogen and oxygen atoms in total. The Morgan fingerprint density at radius 2 is 1.95 bits per heavy atom. The summed E-state index contributed by atoms with van der Waals surface area (Å²) >= 11 is 11.3. The highest BCUT2D eigenvalue weighted by molar-refractivity contribution is 6.31. The molecule has 0 spiro atoms. The summed E-state index contributed by atoms with van der Waals surface area (Å²) in [6.45, 7) is 0. The van der Waals surface area contributed by atoms with Gasteiger partial charge in [0.1, 0.15) is 0 Å². The van der Waals surface area contributed by atoms with E-state index in [4.69, 9.17) is 23.2 Å².